The molecule has 68 valence electrons. The molecule has 0 aromatic carbocycles. The van der Waals surface area contributed by atoms with Crippen molar-refractivity contribution in [2.45, 2.75) is 12.3 Å². The number of carbonyl (C=O) groups is 1. The van der Waals surface area contributed by atoms with Crippen molar-refractivity contribution in [3.8, 4) is 0 Å². The number of fused-ring (bicyclic) bond motifs is 2. The van der Waals surface area contributed by atoms with Gasteiger partial charge in [0, 0.05) is 0 Å². The highest BCUT2D eigenvalue weighted by molar-refractivity contribution is 5.80. The van der Waals surface area contributed by atoms with Crippen LogP contribution in [0.15, 0.2) is 4.63 Å². The minimum Gasteiger partial charge on any atom is -0.341 e. The first-order chi connectivity index (χ1) is 6.33. The summed E-state index contributed by atoms with van der Waals surface area (Å²) in [6.45, 7) is 0. The Morgan fingerprint density at radius 2 is 1.54 bits per heavy atom. The third-order valence-corrected chi connectivity index (χ3v) is 1.98. The second kappa shape index (κ2) is 2.03. The van der Waals surface area contributed by atoms with Gasteiger partial charge in [-0.15, -0.1) is 0 Å². The highest BCUT2D eigenvalue weighted by Gasteiger charge is 2.37. The van der Waals surface area contributed by atoms with Crippen molar-refractivity contribution in [2.24, 2.45) is 0 Å². The lowest BCUT2D eigenvalue weighted by Gasteiger charge is -2.24. The quantitative estimate of drug-likeness (QED) is 0.405. The molecular formula is C5H6N6O2. The van der Waals surface area contributed by atoms with Crippen molar-refractivity contribution >= 4 is 17.7 Å². The molecule has 8 nitrogen and oxygen atoms in total. The van der Waals surface area contributed by atoms with Crippen LogP contribution in [-0.2, 0) is 0 Å². The Kier molecular flexibility index (Phi) is 1.02. The van der Waals surface area contributed by atoms with Gasteiger partial charge in [-0.1, -0.05) is 0 Å². The van der Waals surface area contributed by atoms with E-state index in [2.05, 4.69) is 36.2 Å². The standard InChI is InChI=1S/C5H6N6O2/c12-5-8-1-2(9-5)7-4-3(6-1)10-13-11-4/h1-2H,(H,6,10)(H,7,11)(H2,8,9,12)/t1-,2+. The molecule has 1 aromatic rings. The van der Waals surface area contributed by atoms with Crippen LogP contribution in [0.1, 0.15) is 0 Å². The van der Waals surface area contributed by atoms with E-state index < -0.39 is 0 Å². The summed E-state index contributed by atoms with van der Waals surface area (Å²) in [6, 6.07) is -0.225. The summed E-state index contributed by atoms with van der Waals surface area (Å²) >= 11 is 0. The molecule has 0 aliphatic carbocycles. The van der Waals surface area contributed by atoms with Gasteiger partial charge in [0.15, 0.2) is 0 Å². The molecule has 3 heterocycles. The molecular weight excluding hydrogens is 176 g/mol. The van der Waals surface area contributed by atoms with Crippen molar-refractivity contribution in [1.29, 1.82) is 0 Å². The Morgan fingerprint density at radius 1 is 1.00 bits per heavy atom. The predicted octanol–water partition coefficient (Wildman–Crippen LogP) is -1.13. The number of rotatable bonds is 0. The molecule has 1 saturated heterocycles. The second-order valence-electron chi connectivity index (χ2n) is 2.82. The lowest BCUT2D eigenvalue weighted by Crippen LogP contribution is -2.48. The largest absolute Gasteiger partial charge is 0.341 e. The number of amides is 2. The van der Waals surface area contributed by atoms with Crippen LogP contribution in [0.5, 0.6) is 0 Å². The first-order valence-corrected chi connectivity index (χ1v) is 3.75. The SMILES string of the molecule is O=C1N[C@@H]2Nc3nonc3N[C@@H]2N1. The van der Waals surface area contributed by atoms with Crippen LogP contribution in [-0.4, -0.2) is 28.7 Å². The van der Waals surface area contributed by atoms with E-state index in [0.717, 1.165) is 0 Å². The van der Waals surface area contributed by atoms with Gasteiger partial charge in [-0.3, -0.25) is 0 Å². The Labute approximate surface area is 72.0 Å². The number of hydrogen-bond donors (Lipinski definition) is 4. The van der Waals surface area contributed by atoms with Gasteiger partial charge in [-0.2, -0.15) is 0 Å². The Hall–Kier alpha value is -1.99. The van der Waals surface area contributed by atoms with Crippen molar-refractivity contribution in [3.05, 3.63) is 0 Å². The topological polar surface area (TPSA) is 104 Å². The van der Waals surface area contributed by atoms with Gasteiger partial charge in [-0.05, 0) is 10.3 Å². The van der Waals surface area contributed by atoms with Crippen molar-refractivity contribution < 1.29 is 9.42 Å². The van der Waals surface area contributed by atoms with Gasteiger partial charge < -0.3 is 21.3 Å². The van der Waals surface area contributed by atoms with Crippen molar-refractivity contribution in [2.75, 3.05) is 10.6 Å². The van der Waals surface area contributed by atoms with Crippen LogP contribution >= 0.6 is 0 Å². The van der Waals surface area contributed by atoms with Crippen LogP contribution in [0.4, 0.5) is 16.4 Å². The number of aromatic nitrogens is 2. The lowest BCUT2D eigenvalue weighted by molar-refractivity contribution is 0.247. The van der Waals surface area contributed by atoms with Crippen molar-refractivity contribution in [1.82, 2.24) is 20.9 Å². The molecule has 1 aromatic heterocycles. The third-order valence-electron chi connectivity index (χ3n) is 1.98. The summed E-state index contributed by atoms with van der Waals surface area (Å²) in [4.78, 5) is 10.9. The van der Waals surface area contributed by atoms with Gasteiger partial charge in [0.2, 0.25) is 11.6 Å². The maximum absolute atomic E-state index is 10.9. The summed E-state index contributed by atoms with van der Waals surface area (Å²) in [5.74, 6) is 1.01. The Bertz CT molecular complexity index is 331. The summed E-state index contributed by atoms with van der Waals surface area (Å²) < 4.78 is 4.49. The first kappa shape index (κ1) is 6.52. The molecule has 0 spiro atoms. The van der Waals surface area contributed by atoms with E-state index in [1.165, 1.54) is 0 Å². The van der Waals surface area contributed by atoms with E-state index >= 15 is 0 Å². The molecule has 3 rings (SSSR count). The zero-order chi connectivity index (χ0) is 8.84. The minimum atomic E-state index is -0.225. The van der Waals surface area contributed by atoms with Crippen LogP contribution in [0.3, 0.4) is 0 Å². The van der Waals surface area contributed by atoms with Crippen LogP contribution < -0.4 is 21.3 Å². The van der Waals surface area contributed by atoms with Crippen LogP contribution in [0.2, 0.25) is 0 Å². The molecule has 0 saturated carbocycles. The minimum absolute atomic E-state index is 0.216. The van der Waals surface area contributed by atoms with Crippen LogP contribution in [0.25, 0.3) is 0 Å². The van der Waals surface area contributed by atoms with Crippen LogP contribution in [0, 0.1) is 0 Å². The zero-order valence-corrected chi connectivity index (χ0v) is 6.37. The lowest BCUT2D eigenvalue weighted by atomic mass is 10.3. The molecule has 2 aliphatic heterocycles. The molecule has 4 N–H and O–H groups in total. The molecule has 13 heavy (non-hydrogen) atoms. The second-order valence-corrected chi connectivity index (χ2v) is 2.82. The van der Waals surface area contributed by atoms with Gasteiger partial charge in [0.1, 0.15) is 12.3 Å². The summed E-state index contributed by atoms with van der Waals surface area (Å²) in [7, 11) is 0. The summed E-state index contributed by atoms with van der Waals surface area (Å²) in [5, 5.41) is 18.4. The highest BCUT2D eigenvalue weighted by atomic mass is 16.6. The maximum Gasteiger partial charge on any atom is 0.318 e. The fourth-order valence-electron chi connectivity index (χ4n) is 1.40. The smallest absolute Gasteiger partial charge is 0.318 e. The fourth-order valence-corrected chi connectivity index (χ4v) is 1.40. The van der Waals surface area contributed by atoms with E-state index in [9.17, 15) is 4.79 Å². The van der Waals surface area contributed by atoms with E-state index in [0.29, 0.717) is 11.6 Å². The van der Waals surface area contributed by atoms with E-state index in [-0.39, 0.29) is 18.4 Å². The van der Waals surface area contributed by atoms with Gasteiger partial charge in [-0.25, -0.2) is 9.42 Å². The third kappa shape index (κ3) is 0.819. The van der Waals surface area contributed by atoms with E-state index in [1.54, 1.807) is 0 Å². The maximum atomic E-state index is 10.9. The normalized spacial score (nSPS) is 29.1. The molecule has 2 amide bonds. The number of nitrogens with one attached hydrogen (secondary N) is 4. The van der Waals surface area contributed by atoms with E-state index in [4.69, 9.17) is 0 Å². The average molecular weight is 182 g/mol. The molecule has 0 radical (unpaired) electrons. The molecule has 0 bridgehead atoms. The zero-order valence-electron chi connectivity index (χ0n) is 6.37. The summed E-state index contributed by atoms with van der Waals surface area (Å²) in [6.07, 6.45) is -0.432. The predicted molar refractivity (Wildman–Crippen MR) is 40.8 cm³/mol. The van der Waals surface area contributed by atoms with Gasteiger partial charge in [0.25, 0.3) is 0 Å². The van der Waals surface area contributed by atoms with Gasteiger partial charge >= 0.3 is 6.03 Å². The Balaban J connectivity index is 1.94. The Morgan fingerprint density at radius 3 is 2.08 bits per heavy atom. The number of anilines is 2. The molecule has 0 unspecified atom stereocenters. The monoisotopic (exact) mass is 182 g/mol. The average Bonchev–Trinajstić information content (AvgIpc) is 2.63. The van der Waals surface area contributed by atoms with E-state index in [1.807, 2.05) is 0 Å². The highest BCUT2D eigenvalue weighted by Crippen LogP contribution is 2.23. The molecule has 1 fully saturated rings. The molecule has 8 heteroatoms. The number of hydrogen-bond acceptors (Lipinski definition) is 6. The van der Waals surface area contributed by atoms with Gasteiger partial charge in [0.05, 0.1) is 0 Å². The molecule has 2 aliphatic rings. The number of nitrogens with zero attached hydrogens (tertiary/aromatic N) is 2. The first-order valence-electron chi connectivity index (χ1n) is 3.75. The number of carbonyl (C=O) groups excluding carboxylic acids is 1. The number of urea groups is 1. The summed E-state index contributed by atoms with van der Waals surface area (Å²) in [5.41, 5.74) is 0. The molecule has 2 atom stereocenters. The fraction of sp³-hybridized carbons (Fsp3) is 0.400. The van der Waals surface area contributed by atoms with Crippen molar-refractivity contribution in [3.63, 3.8) is 0 Å².